The van der Waals surface area contributed by atoms with E-state index < -0.39 is 11.6 Å². The van der Waals surface area contributed by atoms with Gasteiger partial charge in [-0.25, -0.2) is 0 Å². The fraction of sp³-hybridized carbons (Fsp3) is 1.00. The second-order valence-electron chi connectivity index (χ2n) is 6.52. The lowest BCUT2D eigenvalue weighted by molar-refractivity contribution is -0.271. The van der Waals surface area contributed by atoms with E-state index in [1.807, 2.05) is 13.8 Å². The number of hydrogen-bond acceptors (Lipinski definition) is 5. The Bertz CT molecular complexity index is 329. The fourth-order valence-electron chi connectivity index (χ4n) is 3.46. The van der Waals surface area contributed by atoms with Crippen LogP contribution in [0, 0.1) is 0 Å². The maximum absolute atomic E-state index is 6.15. The molecule has 0 amide bonds. The van der Waals surface area contributed by atoms with Gasteiger partial charge in [-0.05, 0) is 52.6 Å². The van der Waals surface area contributed by atoms with Crippen LogP contribution in [0.25, 0.3) is 0 Å². The van der Waals surface area contributed by atoms with Crippen LogP contribution >= 0.6 is 0 Å². The van der Waals surface area contributed by atoms with Gasteiger partial charge in [-0.15, -0.1) is 0 Å². The van der Waals surface area contributed by atoms with Crippen LogP contribution in [0.3, 0.4) is 0 Å². The molecule has 5 heteroatoms. The van der Waals surface area contributed by atoms with Gasteiger partial charge in [0.25, 0.3) is 0 Å². The van der Waals surface area contributed by atoms with Gasteiger partial charge < -0.3 is 19.9 Å². The molecule has 3 heterocycles. The van der Waals surface area contributed by atoms with Gasteiger partial charge in [0.15, 0.2) is 5.79 Å². The summed E-state index contributed by atoms with van der Waals surface area (Å²) in [4.78, 5) is 2.41. The molecule has 0 radical (unpaired) electrons. The number of ether oxygens (including phenoxy) is 3. The van der Waals surface area contributed by atoms with Gasteiger partial charge in [-0.3, -0.25) is 4.90 Å². The van der Waals surface area contributed by atoms with Crippen molar-refractivity contribution in [2.45, 2.75) is 63.3 Å². The Balaban J connectivity index is 1.69. The van der Waals surface area contributed by atoms with Gasteiger partial charge in [-0.1, -0.05) is 0 Å². The molecule has 110 valence electrons. The predicted molar refractivity (Wildman–Crippen MR) is 71.6 cm³/mol. The average molecular weight is 270 g/mol. The van der Waals surface area contributed by atoms with Crippen LogP contribution in [0.5, 0.6) is 0 Å². The van der Waals surface area contributed by atoms with Crippen LogP contribution in [-0.4, -0.2) is 54.9 Å². The van der Waals surface area contributed by atoms with Crippen molar-refractivity contribution >= 4 is 0 Å². The zero-order valence-electron chi connectivity index (χ0n) is 12.1. The second-order valence-corrected chi connectivity index (χ2v) is 6.52. The summed E-state index contributed by atoms with van der Waals surface area (Å²) in [6.07, 6.45) is 4.26. The van der Waals surface area contributed by atoms with Crippen LogP contribution < -0.4 is 5.73 Å². The molecule has 0 saturated carbocycles. The van der Waals surface area contributed by atoms with Crippen molar-refractivity contribution in [2.75, 3.05) is 26.2 Å². The van der Waals surface area contributed by atoms with Crippen molar-refractivity contribution in [3.8, 4) is 0 Å². The summed E-state index contributed by atoms with van der Waals surface area (Å²) in [5.41, 5.74) is 5.96. The summed E-state index contributed by atoms with van der Waals surface area (Å²) in [6, 6.07) is 0.356. The first-order chi connectivity index (χ1) is 8.99. The molecule has 2 N–H and O–H groups in total. The molecule has 0 aromatic heterocycles. The van der Waals surface area contributed by atoms with E-state index >= 15 is 0 Å². The first-order valence-corrected chi connectivity index (χ1v) is 7.49. The third-order valence-corrected chi connectivity index (χ3v) is 4.37. The molecule has 2 atom stereocenters. The van der Waals surface area contributed by atoms with E-state index in [9.17, 15) is 0 Å². The van der Waals surface area contributed by atoms with Gasteiger partial charge in [0.1, 0.15) is 6.10 Å². The normalized spacial score (nSPS) is 40.3. The van der Waals surface area contributed by atoms with Crippen LogP contribution in [0.1, 0.15) is 39.5 Å². The Morgan fingerprint density at radius 2 is 1.95 bits per heavy atom. The Kier molecular flexibility index (Phi) is 3.60. The van der Waals surface area contributed by atoms with E-state index in [2.05, 4.69) is 4.90 Å². The summed E-state index contributed by atoms with van der Waals surface area (Å²) in [6.45, 7) is 7.58. The fourth-order valence-corrected chi connectivity index (χ4v) is 3.46. The van der Waals surface area contributed by atoms with Gasteiger partial charge in [0.2, 0.25) is 5.79 Å². The van der Waals surface area contributed by atoms with Crippen LogP contribution in [0.15, 0.2) is 0 Å². The first-order valence-electron chi connectivity index (χ1n) is 7.49. The van der Waals surface area contributed by atoms with E-state index in [4.69, 9.17) is 19.9 Å². The standard InChI is InChI=1S/C14H26N2O3/c1-13(2)18-12-4-3-9-17-14(12,19-13)10-16-7-5-11(15)6-8-16/h11-12H,3-10,15H2,1-2H3. The summed E-state index contributed by atoms with van der Waals surface area (Å²) >= 11 is 0. The van der Waals surface area contributed by atoms with E-state index in [0.717, 1.165) is 51.9 Å². The van der Waals surface area contributed by atoms with Crippen molar-refractivity contribution in [3.05, 3.63) is 0 Å². The van der Waals surface area contributed by atoms with E-state index in [-0.39, 0.29) is 6.10 Å². The third kappa shape index (κ3) is 2.81. The molecule has 0 aromatic rings. The predicted octanol–water partition coefficient (Wildman–Crippen LogP) is 1.07. The van der Waals surface area contributed by atoms with E-state index in [1.165, 1.54) is 0 Å². The summed E-state index contributed by atoms with van der Waals surface area (Å²) in [5, 5.41) is 0. The molecule has 0 aromatic carbocycles. The Hall–Kier alpha value is -0.200. The maximum atomic E-state index is 6.15. The van der Waals surface area contributed by atoms with Crippen LogP contribution in [0.4, 0.5) is 0 Å². The first kappa shape index (κ1) is 13.8. The van der Waals surface area contributed by atoms with Crippen molar-refractivity contribution in [1.29, 1.82) is 0 Å². The molecular formula is C14H26N2O3. The zero-order valence-corrected chi connectivity index (χ0v) is 12.1. The second kappa shape index (κ2) is 4.97. The molecule has 5 nitrogen and oxygen atoms in total. The molecule has 3 aliphatic heterocycles. The Labute approximate surface area is 115 Å². The number of fused-ring (bicyclic) bond motifs is 1. The molecule has 0 aliphatic carbocycles. The summed E-state index contributed by atoms with van der Waals surface area (Å²) in [5.74, 6) is -1.11. The summed E-state index contributed by atoms with van der Waals surface area (Å²) < 4.78 is 18.2. The molecule has 2 unspecified atom stereocenters. The lowest BCUT2D eigenvalue weighted by atomic mass is 9.99. The lowest BCUT2D eigenvalue weighted by Gasteiger charge is -2.41. The number of piperidine rings is 1. The minimum Gasteiger partial charge on any atom is -0.346 e. The smallest absolute Gasteiger partial charge is 0.210 e. The Morgan fingerprint density at radius 1 is 1.21 bits per heavy atom. The number of nitrogens with zero attached hydrogens (tertiary/aromatic N) is 1. The molecule has 0 spiro atoms. The molecule has 19 heavy (non-hydrogen) atoms. The number of hydrogen-bond donors (Lipinski definition) is 1. The van der Waals surface area contributed by atoms with E-state index in [1.54, 1.807) is 0 Å². The molecule has 3 rings (SSSR count). The number of nitrogens with two attached hydrogens (primary N) is 1. The van der Waals surface area contributed by atoms with Crippen LogP contribution in [-0.2, 0) is 14.2 Å². The van der Waals surface area contributed by atoms with Gasteiger partial charge in [0.05, 0.1) is 13.2 Å². The summed E-state index contributed by atoms with van der Waals surface area (Å²) in [7, 11) is 0. The third-order valence-electron chi connectivity index (χ3n) is 4.37. The highest BCUT2D eigenvalue weighted by atomic mass is 16.8. The zero-order chi connectivity index (χ0) is 13.5. The highest BCUT2D eigenvalue weighted by Crippen LogP contribution is 2.42. The molecule has 3 fully saturated rings. The molecule has 3 saturated heterocycles. The van der Waals surface area contributed by atoms with E-state index in [0.29, 0.717) is 6.04 Å². The number of likely N-dealkylation sites (tertiary alicyclic amines) is 1. The minimum absolute atomic E-state index is 0.0619. The van der Waals surface area contributed by atoms with Gasteiger partial charge >= 0.3 is 0 Å². The largest absolute Gasteiger partial charge is 0.346 e. The van der Waals surface area contributed by atoms with Crippen molar-refractivity contribution < 1.29 is 14.2 Å². The Morgan fingerprint density at radius 3 is 2.68 bits per heavy atom. The topological polar surface area (TPSA) is 57.0 Å². The molecule has 3 aliphatic rings. The maximum Gasteiger partial charge on any atom is 0.210 e. The molecular weight excluding hydrogens is 244 g/mol. The van der Waals surface area contributed by atoms with Gasteiger partial charge in [0, 0.05) is 6.04 Å². The minimum atomic E-state index is -0.566. The van der Waals surface area contributed by atoms with Crippen molar-refractivity contribution in [1.82, 2.24) is 4.90 Å². The van der Waals surface area contributed by atoms with Crippen LogP contribution in [0.2, 0.25) is 0 Å². The number of rotatable bonds is 2. The average Bonchev–Trinajstić information content (AvgIpc) is 2.62. The quantitative estimate of drug-likeness (QED) is 0.813. The SMILES string of the molecule is CC1(C)OC2CCCOC2(CN2CCC(N)CC2)O1. The van der Waals surface area contributed by atoms with Crippen molar-refractivity contribution in [3.63, 3.8) is 0 Å². The highest BCUT2D eigenvalue weighted by Gasteiger charge is 2.56. The van der Waals surface area contributed by atoms with Gasteiger partial charge in [-0.2, -0.15) is 0 Å². The van der Waals surface area contributed by atoms with Crippen molar-refractivity contribution in [2.24, 2.45) is 5.73 Å². The monoisotopic (exact) mass is 270 g/mol. The molecule has 0 bridgehead atoms. The highest BCUT2D eigenvalue weighted by molar-refractivity contribution is 4.94. The lowest BCUT2D eigenvalue weighted by Crippen LogP contribution is -2.56.